The van der Waals surface area contributed by atoms with Crippen molar-refractivity contribution in [3.8, 4) is 0 Å². The zero-order valence-corrected chi connectivity index (χ0v) is 16.6. The van der Waals surface area contributed by atoms with Gasteiger partial charge in [0, 0.05) is 5.56 Å². The number of carbonyl (C=O) groups excluding carboxylic acids is 2. The lowest BCUT2D eigenvalue weighted by Gasteiger charge is -2.28. The lowest BCUT2D eigenvalue weighted by molar-refractivity contribution is -0.145. The molecule has 2 atom stereocenters. The van der Waals surface area contributed by atoms with E-state index in [0.29, 0.717) is 14.7 Å². The number of methoxy groups -OCH3 is 1. The van der Waals surface area contributed by atoms with Gasteiger partial charge in [-0.05, 0) is 50.7 Å². The van der Waals surface area contributed by atoms with E-state index in [9.17, 15) is 9.59 Å². The molecule has 1 fully saturated rings. The van der Waals surface area contributed by atoms with Crippen molar-refractivity contribution in [3.63, 3.8) is 0 Å². The molecule has 0 bridgehead atoms. The van der Waals surface area contributed by atoms with E-state index in [4.69, 9.17) is 9.30 Å². The van der Waals surface area contributed by atoms with Gasteiger partial charge in [0.15, 0.2) is 5.78 Å². The molecule has 2 unspecified atom stereocenters. The van der Waals surface area contributed by atoms with Crippen molar-refractivity contribution in [2.75, 3.05) is 7.11 Å². The Morgan fingerprint density at radius 1 is 1.04 bits per heavy atom. The van der Waals surface area contributed by atoms with Crippen molar-refractivity contribution in [1.82, 2.24) is 0 Å². The first kappa shape index (κ1) is 20.6. The molecule has 134 valence electrons. The second-order valence-electron chi connectivity index (χ2n) is 6.54. The van der Waals surface area contributed by atoms with E-state index in [-0.39, 0.29) is 17.7 Å². The Morgan fingerprint density at radius 3 is 2.00 bits per heavy atom. The number of aryl methyl sites for hydroxylation is 3. The average molecular weight is 352 g/mol. The maximum Gasteiger partial charge on any atom is 0.316 e. The number of rotatable bonds is 4. The smallest absolute Gasteiger partial charge is 0.316 e. The van der Waals surface area contributed by atoms with Crippen LogP contribution in [-0.2, 0) is 14.1 Å². The predicted octanol–water partition coefficient (Wildman–Crippen LogP) is 4.10. The molecule has 1 aromatic rings. The summed E-state index contributed by atoms with van der Waals surface area (Å²) in [6, 6.07) is 4.02. The molecule has 1 aromatic carbocycles. The van der Waals surface area contributed by atoms with Gasteiger partial charge in [-0.3, -0.25) is 9.59 Å². The fraction of sp³-hybridized carbons (Fsp3) is 0.579. The minimum absolute atomic E-state index is 0.0613. The van der Waals surface area contributed by atoms with Crippen LogP contribution in [0, 0.1) is 32.6 Å². The minimum Gasteiger partial charge on any atom is -0.468 e. The van der Waals surface area contributed by atoms with Crippen molar-refractivity contribution in [2.24, 2.45) is 11.8 Å². The van der Waals surface area contributed by atoms with Gasteiger partial charge in [-0.25, -0.2) is 0 Å². The predicted molar refractivity (Wildman–Crippen MR) is 98.9 cm³/mol. The number of benzene rings is 1. The Balaban J connectivity index is 0.00000139. The third-order valence-corrected chi connectivity index (χ3v) is 4.78. The van der Waals surface area contributed by atoms with Gasteiger partial charge in [-0.15, -0.1) is 0 Å². The topological polar surface area (TPSA) is 60.4 Å². The van der Waals surface area contributed by atoms with Crippen LogP contribution in [0.2, 0.25) is 0 Å². The lowest BCUT2D eigenvalue weighted by Crippen LogP contribution is -2.34. The first-order chi connectivity index (χ1) is 11.5. The number of ether oxygens (including phenoxy) is 1. The standard InChI is InChI=1S/C19H26O3.H3OP/c1-12-10-13(2)16(14(3)11-12)18(20)17(19(21)22-4)15-8-6-5-7-9-15;1-2/h10-11,15,17H,5-9H2,1-4H3;2H3. The molecule has 1 saturated carbocycles. The van der Waals surface area contributed by atoms with Gasteiger partial charge in [-0.1, -0.05) is 37.0 Å². The van der Waals surface area contributed by atoms with E-state index < -0.39 is 5.92 Å². The summed E-state index contributed by atoms with van der Waals surface area (Å²) in [7, 11) is 1.99. The first-order valence-corrected chi connectivity index (χ1v) is 9.02. The van der Waals surface area contributed by atoms with E-state index >= 15 is 0 Å². The zero-order valence-electron chi connectivity index (χ0n) is 15.2. The number of ketones is 1. The van der Waals surface area contributed by atoms with E-state index in [2.05, 4.69) is 0 Å². The molecular formula is C19H29O4P. The van der Waals surface area contributed by atoms with Gasteiger partial charge in [0.1, 0.15) is 5.92 Å². The largest absolute Gasteiger partial charge is 0.468 e. The molecule has 1 aliphatic carbocycles. The third kappa shape index (κ3) is 4.80. The molecule has 0 N–H and O–H groups in total. The van der Waals surface area contributed by atoms with E-state index in [0.717, 1.165) is 42.4 Å². The van der Waals surface area contributed by atoms with Crippen LogP contribution in [0.25, 0.3) is 0 Å². The first-order valence-electron chi connectivity index (χ1n) is 8.44. The van der Waals surface area contributed by atoms with Gasteiger partial charge in [0.2, 0.25) is 0 Å². The monoisotopic (exact) mass is 352 g/mol. The second-order valence-corrected chi connectivity index (χ2v) is 6.54. The Kier molecular flexibility index (Phi) is 8.41. The van der Waals surface area contributed by atoms with Crippen LogP contribution in [0.15, 0.2) is 12.1 Å². The van der Waals surface area contributed by atoms with Crippen molar-refractivity contribution in [2.45, 2.75) is 52.9 Å². The van der Waals surface area contributed by atoms with Crippen molar-refractivity contribution in [1.29, 1.82) is 0 Å². The average Bonchev–Trinajstić information content (AvgIpc) is 2.56. The fourth-order valence-corrected chi connectivity index (χ4v) is 3.83. The Bertz CT molecular complexity index is 568. The molecule has 0 heterocycles. The van der Waals surface area contributed by atoms with Crippen LogP contribution in [-0.4, -0.2) is 18.9 Å². The van der Waals surface area contributed by atoms with Gasteiger partial charge in [0.25, 0.3) is 0 Å². The molecule has 0 aromatic heterocycles. The van der Waals surface area contributed by atoms with E-state index in [1.165, 1.54) is 13.5 Å². The Morgan fingerprint density at radius 2 is 1.54 bits per heavy atom. The van der Waals surface area contributed by atoms with Crippen LogP contribution < -0.4 is 0 Å². The van der Waals surface area contributed by atoms with E-state index in [1.54, 1.807) is 0 Å². The third-order valence-electron chi connectivity index (χ3n) is 4.78. The molecule has 0 aliphatic heterocycles. The van der Waals surface area contributed by atoms with Gasteiger partial charge in [0.05, 0.1) is 16.2 Å². The van der Waals surface area contributed by atoms with Crippen molar-refractivity contribution in [3.05, 3.63) is 34.4 Å². The summed E-state index contributed by atoms with van der Waals surface area (Å²) in [6.45, 7) is 5.91. The van der Waals surface area contributed by atoms with Crippen LogP contribution in [0.1, 0.15) is 59.2 Å². The van der Waals surface area contributed by atoms with Crippen LogP contribution >= 0.6 is 9.12 Å². The van der Waals surface area contributed by atoms with Gasteiger partial charge < -0.3 is 9.30 Å². The number of esters is 1. The molecule has 0 radical (unpaired) electrons. The molecule has 0 amide bonds. The van der Waals surface area contributed by atoms with Crippen molar-refractivity contribution >= 4 is 20.9 Å². The fourth-order valence-electron chi connectivity index (χ4n) is 3.83. The summed E-state index contributed by atoms with van der Waals surface area (Å²) in [5.74, 6) is -0.968. The molecular weight excluding hydrogens is 323 g/mol. The summed E-state index contributed by atoms with van der Waals surface area (Å²) in [6.07, 6.45) is 5.26. The van der Waals surface area contributed by atoms with Crippen LogP contribution in [0.4, 0.5) is 0 Å². The SMILES string of the molecule is COC(=O)C(C(=O)c1c(C)cc(C)cc1C)C1CCCCC1.O=[PH3]. The molecule has 4 nitrogen and oxygen atoms in total. The van der Waals surface area contributed by atoms with Crippen LogP contribution in [0.3, 0.4) is 0 Å². The highest BCUT2D eigenvalue weighted by molar-refractivity contribution is 7.00. The summed E-state index contributed by atoms with van der Waals surface area (Å²) in [5, 5.41) is 0. The zero-order chi connectivity index (χ0) is 18.3. The maximum atomic E-state index is 13.1. The Hall–Kier alpha value is -1.41. The minimum atomic E-state index is -0.648. The molecule has 24 heavy (non-hydrogen) atoms. The highest BCUT2D eigenvalue weighted by Gasteiger charge is 2.37. The molecule has 0 spiro atoms. The van der Waals surface area contributed by atoms with Crippen LogP contribution in [0.5, 0.6) is 0 Å². The summed E-state index contributed by atoms with van der Waals surface area (Å²) >= 11 is 0. The second kappa shape index (κ2) is 9.78. The maximum absolute atomic E-state index is 13.1. The number of Topliss-reactive ketones (excluding diaryl/α,β-unsaturated/α-hetero) is 1. The highest BCUT2D eigenvalue weighted by atomic mass is 31.0. The molecule has 1 aliphatic rings. The Labute approximate surface area is 146 Å². The summed E-state index contributed by atoms with van der Waals surface area (Å²) in [5.41, 5.74) is 3.74. The normalized spacial score (nSPS) is 16.0. The molecule has 0 saturated heterocycles. The number of hydrogen-bond donors (Lipinski definition) is 0. The van der Waals surface area contributed by atoms with Crippen molar-refractivity contribution < 1.29 is 18.9 Å². The summed E-state index contributed by atoms with van der Waals surface area (Å²) in [4.78, 5) is 25.4. The quantitative estimate of drug-likeness (QED) is 0.354. The highest BCUT2D eigenvalue weighted by Crippen LogP contribution is 2.34. The summed E-state index contributed by atoms with van der Waals surface area (Å²) < 4.78 is 13.2. The van der Waals surface area contributed by atoms with Gasteiger partial charge in [-0.2, -0.15) is 0 Å². The van der Waals surface area contributed by atoms with E-state index in [1.807, 2.05) is 32.9 Å². The number of carbonyl (C=O) groups is 2. The lowest BCUT2D eigenvalue weighted by atomic mass is 9.75. The van der Waals surface area contributed by atoms with Gasteiger partial charge >= 0.3 is 5.97 Å². The molecule has 5 heteroatoms. The number of hydrogen-bond acceptors (Lipinski definition) is 4. The molecule has 2 rings (SSSR count).